The average molecular weight is 308 g/mol. The molecule has 21 heavy (non-hydrogen) atoms. The van der Waals surface area contributed by atoms with Crippen molar-refractivity contribution in [2.24, 2.45) is 0 Å². The fourth-order valence-corrected chi connectivity index (χ4v) is 2.49. The van der Waals surface area contributed by atoms with Crippen molar-refractivity contribution in [2.75, 3.05) is 26.2 Å². The first-order valence-corrected chi connectivity index (χ1v) is 6.99. The van der Waals surface area contributed by atoms with E-state index in [1.165, 1.54) is 6.26 Å². The van der Waals surface area contributed by atoms with Crippen LogP contribution in [0.3, 0.4) is 0 Å². The van der Waals surface area contributed by atoms with Crippen LogP contribution in [0.2, 0.25) is 5.02 Å². The Morgan fingerprint density at radius 2 is 1.81 bits per heavy atom. The summed E-state index contributed by atoms with van der Waals surface area (Å²) in [4.78, 5) is 30.6. The van der Waals surface area contributed by atoms with Gasteiger partial charge in [0.25, 0.3) is 11.8 Å². The van der Waals surface area contributed by atoms with E-state index in [0.29, 0.717) is 42.7 Å². The molecule has 0 atom stereocenters. The Morgan fingerprint density at radius 3 is 2.33 bits per heavy atom. The third-order valence-electron chi connectivity index (χ3n) is 3.46. The minimum atomic E-state index is -0.144. The van der Waals surface area contributed by atoms with Crippen LogP contribution in [0.5, 0.6) is 0 Å². The van der Waals surface area contributed by atoms with Crippen molar-refractivity contribution in [3.63, 3.8) is 0 Å². The maximum absolute atomic E-state index is 12.2. The molecule has 7 heteroatoms. The highest BCUT2D eigenvalue weighted by Crippen LogP contribution is 2.14. The van der Waals surface area contributed by atoms with Gasteiger partial charge in [-0.3, -0.25) is 9.59 Å². The second-order valence-corrected chi connectivity index (χ2v) is 5.23. The average Bonchev–Trinajstić information content (AvgIpc) is 3.17. The topological polar surface area (TPSA) is 69.6 Å². The smallest absolute Gasteiger partial charge is 0.289 e. The highest BCUT2D eigenvalue weighted by Gasteiger charge is 2.27. The molecule has 0 saturated carbocycles. The molecule has 0 aliphatic carbocycles. The van der Waals surface area contributed by atoms with Crippen LogP contribution in [0.15, 0.2) is 35.1 Å². The third kappa shape index (κ3) is 2.80. The first kappa shape index (κ1) is 13.8. The van der Waals surface area contributed by atoms with E-state index in [9.17, 15) is 9.59 Å². The fraction of sp³-hybridized carbons (Fsp3) is 0.286. The summed E-state index contributed by atoms with van der Waals surface area (Å²) in [6, 6.07) is 4.92. The minimum absolute atomic E-state index is 0.105. The molecule has 0 radical (unpaired) electrons. The molecule has 0 bridgehead atoms. The van der Waals surface area contributed by atoms with Gasteiger partial charge in [0.1, 0.15) is 5.69 Å². The number of carbonyl (C=O) groups is 2. The van der Waals surface area contributed by atoms with Gasteiger partial charge in [-0.15, -0.1) is 0 Å². The molecule has 0 aromatic carbocycles. The van der Waals surface area contributed by atoms with E-state index in [1.54, 1.807) is 34.2 Å². The summed E-state index contributed by atoms with van der Waals surface area (Å²) < 4.78 is 5.10. The lowest BCUT2D eigenvalue weighted by Gasteiger charge is -2.34. The number of nitrogens with zero attached hydrogens (tertiary/aromatic N) is 2. The summed E-state index contributed by atoms with van der Waals surface area (Å²) in [5.74, 6) is 0.0768. The van der Waals surface area contributed by atoms with Crippen molar-refractivity contribution < 1.29 is 14.0 Å². The van der Waals surface area contributed by atoms with Crippen LogP contribution in [0.1, 0.15) is 21.0 Å². The number of hydrogen-bond donors (Lipinski definition) is 1. The van der Waals surface area contributed by atoms with Crippen LogP contribution in [0.4, 0.5) is 0 Å². The number of hydrogen-bond acceptors (Lipinski definition) is 3. The third-order valence-corrected chi connectivity index (χ3v) is 3.68. The Kier molecular flexibility index (Phi) is 3.70. The van der Waals surface area contributed by atoms with E-state index >= 15 is 0 Å². The molecule has 1 saturated heterocycles. The van der Waals surface area contributed by atoms with E-state index < -0.39 is 0 Å². The molecule has 0 unspecified atom stereocenters. The number of rotatable bonds is 2. The maximum atomic E-state index is 12.2. The highest BCUT2D eigenvalue weighted by atomic mass is 35.5. The van der Waals surface area contributed by atoms with Gasteiger partial charge >= 0.3 is 0 Å². The summed E-state index contributed by atoms with van der Waals surface area (Å²) in [5.41, 5.74) is 0.464. The fourth-order valence-electron chi connectivity index (χ4n) is 2.33. The number of nitrogens with one attached hydrogen (secondary N) is 1. The van der Waals surface area contributed by atoms with Gasteiger partial charge in [0.2, 0.25) is 0 Å². The number of amides is 2. The van der Waals surface area contributed by atoms with Crippen molar-refractivity contribution in [3.05, 3.63) is 47.1 Å². The maximum Gasteiger partial charge on any atom is 0.289 e. The summed E-state index contributed by atoms with van der Waals surface area (Å²) in [6.45, 7) is 1.95. The zero-order valence-electron chi connectivity index (χ0n) is 11.2. The Hall–Kier alpha value is -2.21. The summed E-state index contributed by atoms with van der Waals surface area (Å²) in [6.07, 6.45) is 3.05. The van der Waals surface area contributed by atoms with E-state index in [0.717, 1.165) is 0 Å². The molecule has 6 nitrogen and oxygen atoms in total. The lowest BCUT2D eigenvalue weighted by atomic mass is 10.2. The molecule has 2 aromatic heterocycles. The van der Waals surface area contributed by atoms with Crippen LogP contribution in [-0.4, -0.2) is 52.8 Å². The molecular weight excluding hydrogens is 294 g/mol. The number of piperazine rings is 1. The van der Waals surface area contributed by atoms with Gasteiger partial charge in [0.05, 0.1) is 11.3 Å². The van der Waals surface area contributed by atoms with Gasteiger partial charge in [-0.05, 0) is 18.2 Å². The predicted octanol–water partition coefficient (Wildman–Crippen LogP) is 1.86. The largest absolute Gasteiger partial charge is 0.459 e. The molecule has 3 heterocycles. The Morgan fingerprint density at radius 1 is 1.14 bits per heavy atom. The molecule has 1 aliphatic heterocycles. The van der Waals surface area contributed by atoms with Crippen molar-refractivity contribution in [3.8, 4) is 0 Å². The van der Waals surface area contributed by atoms with E-state index in [4.69, 9.17) is 16.0 Å². The highest BCUT2D eigenvalue weighted by molar-refractivity contribution is 6.30. The predicted molar refractivity (Wildman–Crippen MR) is 76.3 cm³/mol. The number of furan rings is 1. The van der Waals surface area contributed by atoms with E-state index in [1.807, 2.05) is 0 Å². The quantitative estimate of drug-likeness (QED) is 0.920. The number of H-pyrrole nitrogens is 1. The lowest BCUT2D eigenvalue weighted by molar-refractivity contribution is 0.0515. The zero-order valence-corrected chi connectivity index (χ0v) is 12.0. The van der Waals surface area contributed by atoms with Crippen LogP contribution in [-0.2, 0) is 0 Å². The van der Waals surface area contributed by atoms with E-state index in [2.05, 4.69) is 4.98 Å². The van der Waals surface area contributed by atoms with Gasteiger partial charge in [-0.1, -0.05) is 11.6 Å². The molecule has 3 rings (SSSR count). The molecular formula is C14H14ClN3O3. The van der Waals surface area contributed by atoms with Gasteiger partial charge in [-0.2, -0.15) is 0 Å². The summed E-state index contributed by atoms with van der Waals surface area (Å²) >= 11 is 5.80. The SMILES string of the molecule is O=C(c1cc(Cl)c[nH]1)N1CCN(C(=O)c2ccco2)CC1. The number of aromatic nitrogens is 1. The Balaban J connectivity index is 1.60. The van der Waals surface area contributed by atoms with Crippen LogP contribution >= 0.6 is 11.6 Å². The molecule has 2 aromatic rings. The molecule has 1 N–H and O–H groups in total. The van der Waals surface area contributed by atoms with Crippen molar-refractivity contribution in [1.29, 1.82) is 0 Å². The first-order valence-electron chi connectivity index (χ1n) is 6.61. The summed E-state index contributed by atoms with van der Waals surface area (Å²) in [7, 11) is 0. The Labute approximate surface area is 126 Å². The van der Waals surface area contributed by atoms with Crippen LogP contribution < -0.4 is 0 Å². The van der Waals surface area contributed by atoms with Gasteiger partial charge in [-0.25, -0.2) is 0 Å². The van der Waals surface area contributed by atoms with Crippen molar-refractivity contribution >= 4 is 23.4 Å². The van der Waals surface area contributed by atoms with Crippen molar-refractivity contribution in [2.45, 2.75) is 0 Å². The van der Waals surface area contributed by atoms with Gasteiger partial charge in [0.15, 0.2) is 5.76 Å². The zero-order chi connectivity index (χ0) is 14.8. The van der Waals surface area contributed by atoms with Gasteiger partial charge < -0.3 is 19.2 Å². The molecule has 2 amide bonds. The normalized spacial score (nSPS) is 15.3. The second kappa shape index (κ2) is 5.65. The standard InChI is InChI=1S/C14H14ClN3O3/c15-10-8-11(16-9-10)13(19)17-3-5-18(6-4-17)14(20)12-2-1-7-21-12/h1-2,7-9,16H,3-6H2. The minimum Gasteiger partial charge on any atom is -0.459 e. The lowest BCUT2D eigenvalue weighted by Crippen LogP contribution is -2.50. The Bertz CT molecular complexity index is 642. The second-order valence-electron chi connectivity index (χ2n) is 4.79. The first-order chi connectivity index (χ1) is 10.1. The van der Waals surface area contributed by atoms with Crippen LogP contribution in [0, 0.1) is 0 Å². The molecule has 1 aliphatic rings. The van der Waals surface area contributed by atoms with E-state index in [-0.39, 0.29) is 11.8 Å². The number of carbonyl (C=O) groups excluding carboxylic acids is 2. The molecule has 110 valence electrons. The van der Waals surface area contributed by atoms with Crippen molar-refractivity contribution in [1.82, 2.24) is 14.8 Å². The van der Waals surface area contributed by atoms with Gasteiger partial charge in [0, 0.05) is 32.4 Å². The monoisotopic (exact) mass is 307 g/mol. The molecule has 0 spiro atoms. The number of halogens is 1. The summed E-state index contributed by atoms with van der Waals surface area (Å²) in [5, 5.41) is 0.505. The number of aromatic amines is 1. The molecule has 1 fully saturated rings. The van der Waals surface area contributed by atoms with Crippen LogP contribution in [0.25, 0.3) is 0 Å².